The average Bonchev–Trinajstić information content (AvgIpc) is 3.23. The number of anilines is 2. The van der Waals surface area contributed by atoms with Crippen LogP contribution in [0.5, 0.6) is 5.75 Å². The first-order valence-electron chi connectivity index (χ1n) is 9.39. The van der Waals surface area contributed by atoms with Gasteiger partial charge in [0.1, 0.15) is 12.1 Å². The van der Waals surface area contributed by atoms with Gasteiger partial charge in [-0.25, -0.2) is 8.42 Å². The molecule has 0 aliphatic rings. The molecule has 0 bridgehead atoms. The largest absolute Gasteiger partial charge is 0.497 e. The summed E-state index contributed by atoms with van der Waals surface area (Å²) in [4.78, 5) is 12.4. The summed E-state index contributed by atoms with van der Waals surface area (Å²) in [5.74, 6) is 0.659. The molecule has 0 saturated heterocycles. The summed E-state index contributed by atoms with van der Waals surface area (Å²) in [5.41, 5.74) is 2.64. The Bertz CT molecular complexity index is 1160. The molecule has 0 radical (unpaired) electrons. The fourth-order valence-corrected chi connectivity index (χ4v) is 4.10. The number of hydrogen-bond donors (Lipinski definition) is 2. The van der Waals surface area contributed by atoms with Crippen molar-refractivity contribution in [3.05, 3.63) is 54.4 Å². The van der Waals surface area contributed by atoms with Crippen LogP contribution in [0.1, 0.15) is 12.5 Å². The van der Waals surface area contributed by atoms with Gasteiger partial charge in [-0.05, 0) is 61.9 Å². The first kappa shape index (κ1) is 22.6. The van der Waals surface area contributed by atoms with E-state index >= 15 is 0 Å². The first-order chi connectivity index (χ1) is 14.8. The molecule has 0 aliphatic heterocycles. The quantitative estimate of drug-likeness (QED) is 0.471. The van der Waals surface area contributed by atoms with E-state index in [0.717, 1.165) is 11.4 Å². The molecule has 3 aromatic rings. The minimum absolute atomic E-state index is 0.0106. The van der Waals surface area contributed by atoms with Gasteiger partial charge in [0.25, 0.3) is 0 Å². The number of nitrogens with one attached hydrogen (secondary N) is 2. The maximum absolute atomic E-state index is 12.4. The van der Waals surface area contributed by atoms with Crippen LogP contribution in [-0.2, 0) is 14.8 Å². The minimum Gasteiger partial charge on any atom is -0.497 e. The Morgan fingerprint density at radius 3 is 2.58 bits per heavy atom. The van der Waals surface area contributed by atoms with Crippen molar-refractivity contribution in [2.24, 2.45) is 0 Å². The van der Waals surface area contributed by atoms with Gasteiger partial charge >= 0.3 is 0 Å². The van der Waals surface area contributed by atoms with E-state index in [4.69, 9.17) is 4.74 Å². The van der Waals surface area contributed by atoms with Crippen LogP contribution in [0.3, 0.4) is 0 Å². The number of carbonyl (C=O) groups is 1. The lowest BCUT2D eigenvalue weighted by Gasteiger charge is -2.12. The maximum Gasteiger partial charge on any atom is 0.234 e. The van der Waals surface area contributed by atoms with Crippen molar-refractivity contribution in [3.63, 3.8) is 0 Å². The number of rotatable bonds is 9. The highest BCUT2D eigenvalue weighted by Crippen LogP contribution is 2.23. The molecule has 1 amide bonds. The van der Waals surface area contributed by atoms with Crippen molar-refractivity contribution in [1.29, 1.82) is 0 Å². The summed E-state index contributed by atoms with van der Waals surface area (Å²) in [6.07, 6.45) is 1.58. The Balaban J connectivity index is 1.61. The predicted octanol–water partition coefficient (Wildman–Crippen LogP) is 3.08. The van der Waals surface area contributed by atoms with Gasteiger partial charge in [-0.3, -0.25) is 14.1 Å². The van der Waals surface area contributed by atoms with Crippen molar-refractivity contribution < 1.29 is 17.9 Å². The first-order valence-corrected chi connectivity index (χ1v) is 12.0. The van der Waals surface area contributed by atoms with Gasteiger partial charge < -0.3 is 10.1 Å². The molecule has 31 heavy (non-hydrogen) atoms. The number of sulfonamides is 1. The van der Waals surface area contributed by atoms with Gasteiger partial charge in [-0.1, -0.05) is 11.8 Å². The van der Waals surface area contributed by atoms with Crippen LogP contribution in [0.25, 0.3) is 5.69 Å². The fourth-order valence-electron chi connectivity index (χ4n) is 2.67. The third-order valence-electron chi connectivity index (χ3n) is 4.36. The van der Waals surface area contributed by atoms with E-state index in [1.54, 1.807) is 50.1 Å². The summed E-state index contributed by atoms with van der Waals surface area (Å²) in [6.45, 7) is 3.34. The second kappa shape index (κ2) is 9.84. The lowest BCUT2D eigenvalue weighted by molar-refractivity contribution is -0.113. The van der Waals surface area contributed by atoms with Gasteiger partial charge in [-0.15, -0.1) is 10.2 Å². The topological polar surface area (TPSA) is 115 Å². The Hall–Kier alpha value is -3.05. The molecule has 2 N–H and O–H groups in total. The Labute approximate surface area is 185 Å². The zero-order valence-electron chi connectivity index (χ0n) is 17.3. The summed E-state index contributed by atoms with van der Waals surface area (Å²) in [6, 6.07) is 12.4. The molecule has 11 heteroatoms. The van der Waals surface area contributed by atoms with Crippen LogP contribution in [-0.4, -0.2) is 47.7 Å². The predicted molar refractivity (Wildman–Crippen MR) is 122 cm³/mol. The monoisotopic (exact) mass is 461 g/mol. The van der Waals surface area contributed by atoms with Gasteiger partial charge in [0.05, 0.1) is 24.3 Å². The summed E-state index contributed by atoms with van der Waals surface area (Å²) < 4.78 is 33.0. The molecular formula is C20H23N5O4S2. The zero-order valence-corrected chi connectivity index (χ0v) is 19.0. The van der Waals surface area contributed by atoms with Gasteiger partial charge in [0, 0.05) is 11.4 Å². The molecule has 3 rings (SSSR count). The molecule has 2 aromatic carbocycles. The number of benzene rings is 2. The van der Waals surface area contributed by atoms with Crippen LogP contribution in [0.15, 0.2) is 53.9 Å². The third-order valence-corrected chi connectivity index (χ3v) is 6.59. The van der Waals surface area contributed by atoms with Crippen LogP contribution in [0, 0.1) is 6.92 Å². The van der Waals surface area contributed by atoms with Crippen molar-refractivity contribution in [3.8, 4) is 11.4 Å². The number of aromatic nitrogens is 3. The Kier molecular flexibility index (Phi) is 7.18. The second-order valence-corrected chi connectivity index (χ2v) is 9.51. The number of ether oxygens (including phenoxy) is 1. The molecule has 164 valence electrons. The molecule has 0 spiro atoms. The zero-order chi connectivity index (χ0) is 22.4. The van der Waals surface area contributed by atoms with Crippen molar-refractivity contribution in [2.45, 2.75) is 19.0 Å². The van der Waals surface area contributed by atoms with Gasteiger partial charge in [0.2, 0.25) is 15.9 Å². The molecule has 0 aliphatic carbocycles. The number of carbonyl (C=O) groups excluding carboxylic acids is 1. The van der Waals surface area contributed by atoms with E-state index in [1.165, 1.54) is 11.8 Å². The molecule has 0 saturated carbocycles. The smallest absolute Gasteiger partial charge is 0.234 e. The highest BCUT2D eigenvalue weighted by Gasteiger charge is 2.12. The minimum atomic E-state index is -3.36. The van der Waals surface area contributed by atoms with E-state index < -0.39 is 10.0 Å². The molecular weight excluding hydrogens is 438 g/mol. The Morgan fingerprint density at radius 1 is 1.19 bits per heavy atom. The van der Waals surface area contributed by atoms with Crippen LogP contribution in [0.4, 0.5) is 11.4 Å². The highest BCUT2D eigenvalue weighted by molar-refractivity contribution is 7.99. The molecule has 0 atom stereocenters. The standard InChI is InChI=1S/C20H23N5O4S2/c1-4-31(27,28)24-18-10-5-15(11-14(18)2)22-19(26)12-30-20-23-21-13-25(20)16-6-8-17(29-3)9-7-16/h5-11,13,24H,4,12H2,1-3H3,(H,22,26). The van der Waals surface area contributed by atoms with E-state index in [9.17, 15) is 13.2 Å². The van der Waals surface area contributed by atoms with E-state index in [0.29, 0.717) is 22.1 Å². The maximum atomic E-state index is 12.4. The molecule has 1 heterocycles. The lowest BCUT2D eigenvalue weighted by Crippen LogP contribution is -2.16. The van der Waals surface area contributed by atoms with Gasteiger partial charge in [-0.2, -0.15) is 0 Å². The highest BCUT2D eigenvalue weighted by atomic mass is 32.2. The van der Waals surface area contributed by atoms with Crippen LogP contribution in [0.2, 0.25) is 0 Å². The number of methoxy groups -OCH3 is 1. The lowest BCUT2D eigenvalue weighted by atomic mass is 10.2. The molecule has 9 nitrogen and oxygen atoms in total. The number of hydrogen-bond acceptors (Lipinski definition) is 7. The number of thioether (sulfide) groups is 1. The summed E-state index contributed by atoms with van der Waals surface area (Å²) in [5, 5.41) is 11.4. The van der Waals surface area contributed by atoms with Crippen molar-refractivity contribution >= 4 is 39.1 Å². The SMILES string of the molecule is CCS(=O)(=O)Nc1ccc(NC(=O)CSc2nncn2-c2ccc(OC)cc2)cc1C. The molecule has 0 unspecified atom stereocenters. The average molecular weight is 462 g/mol. The fraction of sp³-hybridized carbons (Fsp3) is 0.250. The summed E-state index contributed by atoms with van der Waals surface area (Å²) >= 11 is 1.26. The van der Waals surface area contributed by atoms with E-state index in [1.807, 2.05) is 24.3 Å². The van der Waals surface area contributed by atoms with E-state index in [2.05, 4.69) is 20.2 Å². The Morgan fingerprint density at radius 2 is 1.94 bits per heavy atom. The number of amides is 1. The molecule has 1 aromatic heterocycles. The van der Waals surface area contributed by atoms with Crippen molar-refractivity contribution in [1.82, 2.24) is 14.8 Å². The summed E-state index contributed by atoms with van der Waals surface area (Å²) in [7, 11) is -1.76. The van der Waals surface area contributed by atoms with Crippen LogP contribution >= 0.6 is 11.8 Å². The number of nitrogens with zero attached hydrogens (tertiary/aromatic N) is 3. The van der Waals surface area contributed by atoms with Crippen molar-refractivity contribution in [2.75, 3.05) is 28.7 Å². The number of aryl methyl sites for hydroxylation is 1. The normalized spacial score (nSPS) is 11.2. The van der Waals surface area contributed by atoms with Crippen LogP contribution < -0.4 is 14.8 Å². The van der Waals surface area contributed by atoms with Gasteiger partial charge in [0.15, 0.2) is 5.16 Å². The third kappa shape index (κ3) is 5.98. The second-order valence-electron chi connectivity index (χ2n) is 6.55. The van der Waals surface area contributed by atoms with E-state index in [-0.39, 0.29) is 17.4 Å². The molecule has 0 fully saturated rings.